The van der Waals surface area contributed by atoms with Crippen molar-refractivity contribution in [2.45, 2.75) is 43.0 Å². The molecule has 8 heteroatoms. The second-order valence-electron chi connectivity index (χ2n) is 6.63. The number of hydrogen-bond acceptors (Lipinski definition) is 4. The Kier molecular flexibility index (Phi) is 7.64. The van der Waals surface area contributed by atoms with Crippen LogP contribution in [0.3, 0.4) is 0 Å². The highest BCUT2D eigenvalue weighted by molar-refractivity contribution is 7.89. The smallest absolute Gasteiger partial charge is 0.251 e. The van der Waals surface area contributed by atoms with Gasteiger partial charge in [-0.2, -0.15) is 0 Å². The van der Waals surface area contributed by atoms with Crippen LogP contribution in [0.15, 0.2) is 40.8 Å². The molecule has 1 heterocycles. The van der Waals surface area contributed by atoms with Gasteiger partial charge >= 0.3 is 0 Å². The molecular formula is C18H26ClN3O3S. The van der Waals surface area contributed by atoms with Gasteiger partial charge in [0.25, 0.3) is 5.91 Å². The Morgan fingerprint density at radius 1 is 1.23 bits per heavy atom. The minimum Gasteiger partial charge on any atom is -0.348 e. The molecule has 26 heavy (non-hydrogen) atoms. The SMILES string of the molecule is Cl.O=C(NCC1=CCNCC1)c1cccc(S(=O)(=O)NC2CCCC2)c1. The van der Waals surface area contributed by atoms with Crippen molar-refractivity contribution in [3.05, 3.63) is 41.5 Å². The van der Waals surface area contributed by atoms with Gasteiger partial charge in [-0.1, -0.05) is 30.6 Å². The van der Waals surface area contributed by atoms with E-state index in [0.29, 0.717) is 12.1 Å². The maximum Gasteiger partial charge on any atom is 0.251 e. The van der Waals surface area contributed by atoms with Crippen LogP contribution in [0.1, 0.15) is 42.5 Å². The maximum atomic E-state index is 12.5. The number of amides is 1. The highest BCUT2D eigenvalue weighted by Crippen LogP contribution is 2.20. The van der Waals surface area contributed by atoms with Crippen LogP contribution >= 0.6 is 12.4 Å². The fraction of sp³-hybridized carbons (Fsp3) is 0.500. The molecule has 2 aliphatic rings. The zero-order valence-corrected chi connectivity index (χ0v) is 16.3. The number of halogens is 1. The molecule has 1 saturated carbocycles. The van der Waals surface area contributed by atoms with Gasteiger partial charge in [-0.3, -0.25) is 4.79 Å². The van der Waals surface area contributed by atoms with Crippen molar-refractivity contribution in [3.63, 3.8) is 0 Å². The normalized spacial score (nSPS) is 18.1. The molecule has 6 nitrogen and oxygen atoms in total. The van der Waals surface area contributed by atoms with Gasteiger partial charge in [0, 0.05) is 24.7 Å². The summed E-state index contributed by atoms with van der Waals surface area (Å²) >= 11 is 0. The maximum absolute atomic E-state index is 12.5. The second kappa shape index (κ2) is 9.50. The van der Waals surface area contributed by atoms with Gasteiger partial charge in [-0.05, 0) is 44.0 Å². The third kappa shape index (κ3) is 5.54. The largest absolute Gasteiger partial charge is 0.348 e. The Bertz CT molecular complexity index is 759. The lowest BCUT2D eigenvalue weighted by Gasteiger charge is -2.15. The van der Waals surface area contributed by atoms with Crippen molar-refractivity contribution in [1.29, 1.82) is 0 Å². The van der Waals surface area contributed by atoms with E-state index in [1.807, 2.05) is 0 Å². The monoisotopic (exact) mass is 399 g/mol. The molecule has 144 valence electrons. The number of hydrogen-bond donors (Lipinski definition) is 3. The van der Waals surface area contributed by atoms with Crippen molar-refractivity contribution in [1.82, 2.24) is 15.4 Å². The van der Waals surface area contributed by atoms with Crippen molar-refractivity contribution in [2.24, 2.45) is 0 Å². The summed E-state index contributed by atoms with van der Waals surface area (Å²) in [6.45, 7) is 2.24. The molecule has 0 radical (unpaired) electrons. The van der Waals surface area contributed by atoms with E-state index in [-0.39, 0.29) is 29.3 Å². The first-order valence-corrected chi connectivity index (χ1v) is 10.3. The predicted octanol–water partition coefficient (Wildman–Crippen LogP) is 1.98. The minimum atomic E-state index is -3.58. The summed E-state index contributed by atoms with van der Waals surface area (Å²) in [5.74, 6) is -0.252. The molecule has 1 fully saturated rings. The topological polar surface area (TPSA) is 87.3 Å². The van der Waals surface area contributed by atoms with Gasteiger partial charge in [0.1, 0.15) is 0 Å². The number of sulfonamides is 1. The van der Waals surface area contributed by atoms with Crippen molar-refractivity contribution in [2.75, 3.05) is 19.6 Å². The van der Waals surface area contributed by atoms with E-state index in [1.54, 1.807) is 12.1 Å². The Hall–Kier alpha value is -1.41. The molecule has 1 aromatic rings. The van der Waals surface area contributed by atoms with Crippen LogP contribution in [0.25, 0.3) is 0 Å². The first-order chi connectivity index (χ1) is 12.0. The first-order valence-electron chi connectivity index (χ1n) is 8.84. The average Bonchev–Trinajstić information content (AvgIpc) is 3.13. The quantitative estimate of drug-likeness (QED) is 0.638. The number of benzene rings is 1. The Morgan fingerprint density at radius 3 is 2.69 bits per heavy atom. The first kappa shape index (κ1) is 20.9. The molecule has 1 aliphatic heterocycles. The molecule has 0 bridgehead atoms. The van der Waals surface area contributed by atoms with Gasteiger partial charge < -0.3 is 10.6 Å². The molecule has 3 rings (SSSR count). The molecule has 3 N–H and O–H groups in total. The summed E-state index contributed by atoms with van der Waals surface area (Å²) < 4.78 is 27.8. The van der Waals surface area contributed by atoms with Crippen molar-refractivity contribution < 1.29 is 13.2 Å². The molecule has 0 saturated heterocycles. The number of nitrogens with one attached hydrogen (secondary N) is 3. The number of carbonyl (C=O) groups is 1. The summed E-state index contributed by atoms with van der Waals surface area (Å²) in [7, 11) is -3.58. The van der Waals surface area contributed by atoms with E-state index in [0.717, 1.165) is 45.2 Å². The third-order valence-electron chi connectivity index (χ3n) is 4.72. The third-order valence-corrected chi connectivity index (χ3v) is 6.24. The van der Waals surface area contributed by atoms with Crippen LogP contribution in [0.2, 0.25) is 0 Å². The molecule has 1 aliphatic carbocycles. The average molecular weight is 400 g/mol. The molecule has 0 spiro atoms. The van der Waals surface area contributed by atoms with Crippen LogP contribution < -0.4 is 15.4 Å². The van der Waals surface area contributed by atoms with Gasteiger partial charge in [-0.25, -0.2) is 13.1 Å². The van der Waals surface area contributed by atoms with Crippen LogP contribution in [-0.4, -0.2) is 40.0 Å². The Balaban J connectivity index is 0.00000243. The fourth-order valence-electron chi connectivity index (χ4n) is 3.26. The standard InChI is InChI=1S/C18H25N3O3S.ClH/c22-18(20-13-14-8-10-19-11-9-14)15-4-3-7-17(12-15)25(23,24)21-16-5-1-2-6-16;/h3-4,7-8,12,16,19,21H,1-2,5-6,9-11,13H2,(H,20,22);1H. The van der Waals surface area contributed by atoms with E-state index in [2.05, 4.69) is 21.4 Å². The minimum absolute atomic E-state index is 0. The number of rotatable bonds is 6. The highest BCUT2D eigenvalue weighted by atomic mass is 35.5. The van der Waals surface area contributed by atoms with Crippen LogP contribution in [0.5, 0.6) is 0 Å². The van der Waals surface area contributed by atoms with Crippen molar-refractivity contribution in [3.8, 4) is 0 Å². The molecule has 0 unspecified atom stereocenters. The molecule has 0 aromatic heterocycles. The predicted molar refractivity (Wildman–Crippen MR) is 104 cm³/mol. The van der Waals surface area contributed by atoms with E-state index < -0.39 is 10.0 Å². The van der Waals surface area contributed by atoms with Gasteiger partial charge in [0.05, 0.1) is 4.90 Å². The molecule has 1 aromatic carbocycles. The zero-order valence-electron chi connectivity index (χ0n) is 14.7. The molecule has 1 amide bonds. The van der Waals surface area contributed by atoms with Gasteiger partial charge in [-0.15, -0.1) is 12.4 Å². The summed E-state index contributed by atoms with van der Waals surface area (Å²) in [6.07, 6.45) is 6.87. The number of carbonyl (C=O) groups excluding carboxylic acids is 1. The van der Waals surface area contributed by atoms with Gasteiger partial charge in [0.15, 0.2) is 0 Å². The highest BCUT2D eigenvalue weighted by Gasteiger charge is 2.23. The van der Waals surface area contributed by atoms with Crippen LogP contribution in [0.4, 0.5) is 0 Å². The van der Waals surface area contributed by atoms with E-state index in [4.69, 9.17) is 0 Å². The van der Waals surface area contributed by atoms with Gasteiger partial charge in [0.2, 0.25) is 10.0 Å². The van der Waals surface area contributed by atoms with Crippen LogP contribution in [0, 0.1) is 0 Å². The van der Waals surface area contributed by atoms with E-state index in [1.165, 1.54) is 17.7 Å². The summed E-state index contributed by atoms with van der Waals surface area (Å²) in [5.41, 5.74) is 1.56. The molecule has 0 atom stereocenters. The summed E-state index contributed by atoms with van der Waals surface area (Å²) in [4.78, 5) is 12.5. The summed E-state index contributed by atoms with van der Waals surface area (Å²) in [6, 6.07) is 6.24. The lowest BCUT2D eigenvalue weighted by Crippen LogP contribution is -2.33. The lowest BCUT2D eigenvalue weighted by molar-refractivity contribution is 0.0956. The summed E-state index contributed by atoms with van der Waals surface area (Å²) in [5, 5.41) is 6.10. The van der Waals surface area contributed by atoms with E-state index in [9.17, 15) is 13.2 Å². The van der Waals surface area contributed by atoms with Crippen molar-refractivity contribution >= 4 is 28.3 Å². The van der Waals surface area contributed by atoms with E-state index >= 15 is 0 Å². The lowest BCUT2D eigenvalue weighted by atomic mass is 10.1. The van der Waals surface area contributed by atoms with Crippen LogP contribution in [-0.2, 0) is 10.0 Å². The Morgan fingerprint density at radius 2 is 2.00 bits per heavy atom. The zero-order chi connectivity index (χ0) is 17.7. The second-order valence-corrected chi connectivity index (χ2v) is 8.34. The Labute approximate surface area is 161 Å². The molecular weight excluding hydrogens is 374 g/mol. The fourth-order valence-corrected chi connectivity index (χ4v) is 4.61.